The Bertz CT molecular complexity index is 494. The Morgan fingerprint density at radius 2 is 1.61 bits per heavy atom. The van der Waals surface area contributed by atoms with Crippen molar-refractivity contribution < 1.29 is 9.35 Å². The molecule has 0 atom stereocenters. The number of hydrogen-bond acceptors (Lipinski definition) is 4. The fourth-order valence-corrected chi connectivity index (χ4v) is 1.88. The third-order valence-electron chi connectivity index (χ3n) is 2.67. The first kappa shape index (κ1) is 12.8. The Balaban J connectivity index is 0.000000136. The molecule has 18 heavy (non-hydrogen) atoms. The molecule has 2 aliphatic rings. The molecule has 0 heterocycles. The number of carbonyl (C=O) groups is 1. The van der Waals surface area contributed by atoms with Crippen LogP contribution in [-0.4, -0.2) is 10.3 Å². The number of benzene rings is 1. The first-order valence-electron chi connectivity index (χ1n) is 5.50. The summed E-state index contributed by atoms with van der Waals surface area (Å²) >= 11 is 0.747. The second-order valence-electron chi connectivity index (χ2n) is 3.85. The highest BCUT2D eigenvalue weighted by Crippen LogP contribution is 2.23. The molecule has 3 nitrogen and oxygen atoms in total. The van der Waals surface area contributed by atoms with Crippen molar-refractivity contribution in [2.24, 2.45) is 5.73 Å². The minimum absolute atomic E-state index is 0.185. The standard InChI is InChI=1S/C7H9NOS.C7H4O/c8-5-6-1-3-7(10-9)4-2-6;8-7-5-1-2-6(7)4-3-5/h1-4,9H,5,8H2;1-4H. The van der Waals surface area contributed by atoms with Gasteiger partial charge in [-0.05, 0) is 17.7 Å². The minimum atomic E-state index is 0.185. The summed E-state index contributed by atoms with van der Waals surface area (Å²) in [6.45, 7) is 0.552. The molecule has 92 valence electrons. The van der Waals surface area contributed by atoms with Gasteiger partial charge in [-0.1, -0.05) is 36.4 Å². The lowest BCUT2D eigenvalue weighted by atomic mass is 10.2. The van der Waals surface area contributed by atoms with Gasteiger partial charge in [0.1, 0.15) is 0 Å². The topological polar surface area (TPSA) is 63.3 Å². The zero-order valence-corrected chi connectivity index (χ0v) is 10.5. The van der Waals surface area contributed by atoms with Crippen molar-refractivity contribution in [3.63, 3.8) is 0 Å². The number of hydrogen-bond donors (Lipinski definition) is 2. The second-order valence-corrected chi connectivity index (χ2v) is 4.50. The van der Waals surface area contributed by atoms with Gasteiger partial charge in [-0.25, -0.2) is 0 Å². The molecular weight excluding hydrogens is 246 g/mol. The van der Waals surface area contributed by atoms with Crippen molar-refractivity contribution in [1.82, 2.24) is 0 Å². The SMILES string of the molecule is NCc1ccc(SO)cc1.O=C1C2=CC=C1C=C2. The van der Waals surface area contributed by atoms with Crippen LogP contribution in [-0.2, 0) is 11.3 Å². The van der Waals surface area contributed by atoms with Gasteiger partial charge >= 0.3 is 0 Å². The van der Waals surface area contributed by atoms with Gasteiger partial charge in [-0.2, -0.15) is 0 Å². The van der Waals surface area contributed by atoms with Crippen molar-refractivity contribution in [3.8, 4) is 0 Å². The number of allylic oxidation sites excluding steroid dienone is 6. The van der Waals surface area contributed by atoms with Crippen molar-refractivity contribution in [2.45, 2.75) is 11.4 Å². The maximum atomic E-state index is 10.8. The van der Waals surface area contributed by atoms with Crippen LogP contribution in [0, 0.1) is 0 Å². The van der Waals surface area contributed by atoms with E-state index in [1.165, 1.54) is 0 Å². The minimum Gasteiger partial charge on any atom is -0.326 e. The number of nitrogens with two attached hydrogens (primary N) is 1. The Hall–Kier alpha value is -1.62. The third kappa shape index (κ3) is 2.79. The predicted molar refractivity (Wildman–Crippen MR) is 73.1 cm³/mol. The molecule has 3 rings (SSSR count). The zero-order valence-electron chi connectivity index (χ0n) is 9.67. The fraction of sp³-hybridized carbons (Fsp3) is 0.0714. The summed E-state index contributed by atoms with van der Waals surface area (Å²) in [5, 5.41) is 0. The van der Waals surface area contributed by atoms with E-state index >= 15 is 0 Å². The molecule has 3 N–H and O–H groups in total. The Morgan fingerprint density at radius 1 is 1.06 bits per heavy atom. The number of carbonyl (C=O) groups excluding carboxylic acids is 1. The molecule has 0 saturated carbocycles. The average Bonchev–Trinajstić information content (AvgIpc) is 2.98. The molecule has 2 aliphatic carbocycles. The van der Waals surface area contributed by atoms with E-state index in [-0.39, 0.29) is 5.78 Å². The smallest absolute Gasteiger partial charge is 0.193 e. The van der Waals surface area contributed by atoms with E-state index < -0.39 is 0 Å². The van der Waals surface area contributed by atoms with Gasteiger partial charge in [0.15, 0.2) is 5.78 Å². The molecule has 0 fully saturated rings. The summed E-state index contributed by atoms with van der Waals surface area (Å²) < 4.78 is 8.59. The van der Waals surface area contributed by atoms with Crippen molar-refractivity contribution in [2.75, 3.05) is 0 Å². The molecule has 1 aromatic rings. The normalized spacial score (nSPS) is 15.1. The Labute approximate surface area is 110 Å². The van der Waals surface area contributed by atoms with Crippen molar-refractivity contribution in [1.29, 1.82) is 0 Å². The van der Waals surface area contributed by atoms with E-state index in [4.69, 9.17) is 10.3 Å². The molecule has 0 aliphatic heterocycles. The molecule has 0 amide bonds. The van der Waals surface area contributed by atoms with Crippen LogP contribution in [0.5, 0.6) is 0 Å². The van der Waals surface area contributed by atoms with E-state index in [1.807, 2.05) is 48.6 Å². The predicted octanol–water partition coefficient (Wildman–Crippen LogP) is 2.70. The zero-order chi connectivity index (χ0) is 13.0. The Kier molecular flexibility index (Phi) is 4.15. The molecule has 4 heteroatoms. The van der Waals surface area contributed by atoms with Gasteiger partial charge in [0.25, 0.3) is 0 Å². The van der Waals surface area contributed by atoms with Crippen LogP contribution in [0.1, 0.15) is 5.56 Å². The van der Waals surface area contributed by atoms with Gasteiger partial charge in [0.2, 0.25) is 0 Å². The molecule has 0 radical (unpaired) electrons. The highest BCUT2D eigenvalue weighted by Gasteiger charge is 2.19. The fourth-order valence-electron chi connectivity index (χ4n) is 1.63. The van der Waals surface area contributed by atoms with E-state index in [2.05, 4.69) is 0 Å². The lowest BCUT2D eigenvalue weighted by Gasteiger charge is -1.96. The summed E-state index contributed by atoms with van der Waals surface area (Å²) in [5.74, 6) is 0.185. The summed E-state index contributed by atoms with van der Waals surface area (Å²) in [6.07, 6.45) is 7.38. The van der Waals surface area contributed by atoms with Crippen LogP contribution in [0.3, 0.4) is 0 Å². The summed E-state index contributed by atoms with van der Waals surface area (Å²) in [5.41, 5.74) is 8.12. The lowest BCUT2D eigenvalue weighted by molar-refractivity contribution is -0.111. The second kappa shape index (κ2) is 5.82. The average molecular weight is 259 g/mol. The molecule has 0 saturated heterocycles. The van der Waals surface area contributed by atoms with E-state index in [9.17, 15) is 4.79 Å². The Morgan fingerprint density at radius 3 is 1.89 bits per heavy atom. The first-order chi connectivity index (χ1) is 8.74. The molecule has 0 spiro atoms. The third-order valence-corrected chi connectivity index (χ3v) is 3.16. The maximum absolute atomic E-state index is 10.8. The quantitative estimate of drug-likeness (QED) is 0.802. The van der Waals surface area contributed by atoms with Crippen LogP contribution < -0.4 is 5.73 Å². The summed E-state index contributed by atoms with van der Waals surface area (Å²) in [7, 11) is 0. The first-order valence-corrected chi connectivity index (χ1v) is 6.27. The highest BCUT2D eigenvalue weighted by molar-refractivity contribution is 7.93. The van der Waals surface area contributed by atoms with E-state index in [0.717, 1.165) is 33.6 Å². The van der Waals surface area contributed by atoms with Gasteiger partial charge in [0.05, 0.1) is 0 Å². The molecular formula is C14H13NO2S. The lowest BCUT2D eigenvalue weighted by Crippen LogP contribution is -1.94. The number of Topliss-reactive ketones (excluding diaryl/α,β-unsaturated/α-hetero) is 1. The maximum Gasteiger partial charge on any atom is 0.193 e. The van der Waals surface area contributed by atoms with Crippen LogP contribution in [0.2, 0.25) is 0 Å². The molecule has 2 bridgehead atoms. The molecule has 0 aromatic heterocycles. The largest absolute Gasteiger partial charge is 0.326 e. The van der Waals surface area contributed by atoms with Crippen LogP contribution in [0.25, 0.3) is 0 Å². The van der Waals surface area contributed by atoms with Gasteiger partial charge < -0.3 is 10.3 Å². The molecule has 0 unspecified atom stereocenters. The van der Waals surface area contributed by atoms with Gasteiger partial charge in [-0.15, -0.1) is 0 Å². The molecule has 1 aromatic carbocycles. The van der Waals surface area contributed by atoms with E-state index in [0.29, 0.717) is 6.54 Å². The number of rotatable bonds is 2. The summed E-state index contributed by atoms with van der Waals surface area (Å²) in [4.78, 5) is 11.6. The summed E-state index contributed by atoms with van der Waals surface area (Å²) in [6, 6.07) is 7.48. The number of fused-ring (bicyclic) bond motifs is 2. The van der Waals surface area contributed by atoms with Crippen LogP contribution in [0.15, 0.2) is 64.6 Å². The van der Waals surface area contributed by atoms with Crippen molar-refractivity contribution in [3.05, 3.63) is 65.3 Å². The van der Waals surface area contributed by atoms with Crippen molar-refractivity contribution >= 4 is 17.8 Å². The van der Waals surface area contributed by atoms with Gasteiger partial charge in [-0.3, -0.25) is 4.79 Å². The van der Waals surface area contributed by atoms with Gasteiger partial charge in [0, 0.05) is 34.6 Å². The van der Waals surface area contributed by atoms with Crippen LogP contribution in [0.4, 0.5) is 0 Å². The van der Waals surface area contributed by atoms with Crippen LogP contribution >= 0.6 is 12.0 Å². The monoisotopic (exact) mass is 259 g/mol. The highest BCUT2D eigenvalue weighted by atomic mass is 32.2. The number of ketones is 1. The van der Waals surface area contributed by atoms with E-state index in [1.54, 1.807) is 0 Å².